The molecule has 74 valence electrons. The minimum absolute atomic E-state index is 0.0186. The van der Waals surface area contributed by atoms with Gasteiger partial charge in [0.1, 0.15) is 5.82 Å². The van der Waals surface area contributed by atoms with Crippen LogP contribution in [0.25, 0.3) is 0 Å². The van der Waals surface area contributed by atoms with E-state index in [0.29, 0.717) is 5.92 Å². The minimum Gasteiger partial charge on any atom is -0.294 e. The summed E-state index contributed by atoms with van der Waals surface area (Å²) in [5.41, 5.74) is 0.258. The van der Waals surface area contributed by atoms with Crippen molar-refractivity contribution in [2.24, 2.45) is 11.8 Å². The Morgan fingerprint density at radius 2 is 2.21 bits per heavy atom. The van der Waals surface area contributed by atoms with Crippen molar-refractivity contribution in [3.8, 4) is 0 Å². The zero-order valence-corrected chi connectivity index (χ0v) is 8.16. The Morgan fingerprint density at radius 1 is 1.50 bits per heavy atom. The average Bonchev–Trinajstić information content (AvgIpc) is 2.96. The van der Waals surface area contributed by atoms with Gasteiger partial charge in [-0.25, -0.2) is 4.39 Å². The first-order valence-electron chi connectivity index (χ1n) is 5.02. The van der Waals surface area contributed by atoms with Crippen LogP contribution in [-0.4, -0.2) is 5.78 Å². The van der Waals surface area contributed by atoms with Gasteiger partial charge in [-0.15, -0.1) is 0 Å². The van der Waals surface area contributed by atoms with Crippen molar-refractivity contribution in [1.29, 1.82) is 0 Å². The number of ketones is 1. The lowest BCUT2D eigenvalue weighted by Gasteiger charge is -2.00. The predicted octanol–water partition coefficient (Wildman–Crippen LogP) is 3.05. The third-order valence-electron chi connectivity index (χ3n) is 2.92. The van der Waals surface area contributed by atoms with Gasteiger partial charge in [-0.3, -0.25) is 4.79 Å². The second-order valence-corrected chi connectivity index (χ2v) is 3.85. The van der Waals surface area contributed by atoms with Gasteiger partial charge in [0.05, 0.1) is 5.56 Å². The molecule has 1 aliphatic rings. The highest BCUT2D eigenvalue weighted by molar-refractivity contribution is 5.99. The summed E-state index contributed by atoms with van der Waals surface area (Å²) >= 11 is 0. The van der Waals surface area contributed by atoms with Crippen LogP contribution < -0.4 is 0 Å². The number of carbonyl (C=O) groups excluding carboxylic acids is 1. The Kier molecular flexibility index (Phi) is 2.36. The molecule has 1 nitrogen and oxygen atoms in total. The third kappa shape index (κ3) is 1.57. The number of rotatable bonds is 3. The number of hydrogen-bond acceptors (Lipinski definition) is 1. The zero-order valence-electron chi connectivity index (χ0n) is 8.16. The molecule has 1 aromatic rings. The number of Topliss-reactive ketones (excluding diaryl/α,β-unsaturated/α-hetero) is 1. The van der Waals surface area contributed by atoms with E-state index in [1.807, 2.05) is 0 Å². The Labute approximate surface area is 82.9 Å². The lowest BCUT2D eigenvalue weighted by Crippen LogP contribution is -2.05. The van der Waals surface area contributed by atoms with Crippen LogP contribution in [0.3, 0.4) is 0 Å². The van der Waals surface area contributed by atoms with E-state index in [0.717, 1.165) is 12.8 Å². The normalized spacial score (nSPS) is 24.7. The molecule has 2 atom stereocenters. The fourth-order valence-corrected chi connectivity index (χ4v) is 1.88. The lowest BCUT2D eigenvalue weighted by atomic mass is 10.0. The molecule has 1 fully saturated rings. The first kappa shape index (κ1) is 9.38. The molecular weight excluding hydrogens is 179 g/mol. The van der Waals surface area contributed by atoms with Crippen LogP contribution in [0.5, 0.6) is 0 Å². The molecule has 14 heavy (non-hydrogen) atoms. The van der Waals surface area contributed by atoms with Gasteiger partial charge in [0, 0.05) is 5.92 Å². The molecule has 0 radical (unpaired) electrons. The highest BCUT2D eigenvalue weighted by Crippen LogP contribution is 2.43. The fourth-order valence-electron chi connectivity index (χ4n) is 1.88. The Morgan fingerprint density at radius 3 is 2.79 bits per heavy atom. The van der Waals surface area contributed by atoms with Crippen LogP contribution in [-0.2, 0) is 0 Å². The van der Waals surface area contributed by atoms with E-state index < -0.39 is 0 Å². The maximum atomic E-state index is 13.2. The summed E-state index contributed by atoms with van der Waals surface area (Å²) in [4.78, 5) is 11.8. The Bertz CT molecular complexity index is 359. The molecular formula is C12H13FO. The van der Waals surface area contributed by atoms with Crippen molar-refractivity contribution < 1.29 is 9.18 Å². The smallest absolute Gasteiger partial charge is 0.169 e. The highest BCUT2D eigenvalue weighted by Gasteiger charge is 2.42. The van der Waals surface area contributed by atoms with Crippen molar-refractivity contribution in [2.45, 2.75) is 19.8 Å². The fraction of sp³-hybridized carbons (Fsp3) is 0.417. The maximum absolute atomic E-state index is 13.2. The molecule has 0 amide bonds. The monoisotopic (exact) mass is 192 g/mol. The molecule has 0 unspecified atom stereocenters. The van der Waals surface area contributed by atoms with Gasteiger partial charge in [-0.05, 0) is 24.5 Å². The summed E-state index contributed by atoms with van der Waals surface area (Å²) in [6, 6.07) is 6.23. The van der Waals surface area contributed by atoms with Gasteiger partial charge < -0.3 is 0 Å². The van der Waals surface area contributed by atoms with E-state index in [9.17, 15) is 9.18 Å². The molecule has 2 heteroatoms. The largest absolute Gasteiger partial charge is 0.294 e. The van der Waals surface area contributed by atoms with E-state index in [1.54, 1.807) is 18.2 Å². The van der Waals surface area contributed by atoms with E-state index in [4.69, 9.17) is 0 Å². The van der Waals surface area contributed by atoms with Gasteiger partial charge >= 0.3 is 0 Å². The van der Waals surface area contributed by atoms with Crippen LogP contribution >= 0.6 is 0 Å². The average molecular weight is 192 g/mol. The van der Waals surface area contributed by atoms with Crippen LogP contribution in [0.2, 0.25) is 0 Å². The third-order valence-corrected chi connectivity index (χ3v) is 2.92. The quantitative estimate of drug-likeness (QED) is 0.673. The number of benzene rings is 1. The molecule has 0 bridgehead atoms. The molecule has 0 aromatic heterocycles. The number of carbonyl (C=O) groups is 1. The summed E-state index contributed by atoms with van der Waals surface area (Å²) in [5.74, 6) is 0.160. The van der Waals surface area contributed by atoms with Crippen LogP contribution in [0, 0.1) is 17.7 Å². The molecule has 1 aromatic carbocycles. The number of hydrogen-bond donors (Lipinski definition) is 0. The summed E-state index contributed by atoms with van der Waals surface area (Å²) in [5, 5.41) is 0. The number of halogens is 1. The highest BCUT2D eigenvalue weighted by atomic mass is 19.1. The molecule has 2 rings (SSSR count). The van der Waals surface area contributed by atoms with E-state index in [1.165, 1.54) is 6.07 Å². The molecule has 0 N–H and O–H groups in total. The van der Waals surface area contributed by atoms with Gasteiger partial charge in [-0.1, -0.05) is 25.5 Å². The standard InChI is InChI=1S/C12H13FO/c1-2-8-7-10(8)12(14)9-5-3-4-6-11(9)13/h3-6,8,10H,2,7H2,1H3/t8-,10-/m1/s1. The summed E-state index contributed by atoms with van der Waals surface area (Å²) in [6.07, 6.45) is 1.95. The molecule has 0 spiro atoms. The van der Waals surface area contributed by atoms with E-state index in [2.05, 4.69) is 6.92 Å². The summed E-state index contributed by atoms with van der Waals surface area (Å²) < 4.78 is 13.2. The zero-order chi connectivity index (χ0) is 10.1. The summed E-state index contributed by atoms with van der Waals surface area (Å²) in [6.45, 7) is 2.07. The lowest BCUT2D eigenvalue weighted by molar-refractivity contribution is 0.0957. The van der Waals surface area contributed by atoms with Crippen LogP contribution in [0.4, 0.5) is 4.39 Å². The van der Waals surface area contributed by atoms with E-state index >= 15 is 0 Å². The van der Waals surface area contributed by atoms with Crippen molar-refractivity contribution in [3.63, 3.8) is 0 Å². The Hall–Kier alpha value is -1.18. The van der Waals surface area contributed by atoms with Gasteiger partial charge in [0.25, 0.3) is 0 Å². The Balaban J connectivity index is 2.17. The molecule has 0 heterocycles. The molecule has 1 saturated carbocycles. The van der Waals surface area contributed by atoms with E-state index in [-0.39, 0.29) is 23.1 Å². The predicted molar refractivity (Wildman–Crippen MR) is 52.6 cm³/mol. The maximum Gasteiger partial charge on any atom is 0.169 e. The van der Waals surface area contributed by atoms with Gasteiger partial charge in [-0.2, -0.15) is 0 Å². The molecule has 1 aliphatic carbocycles. The molecule has 0 saturated heterocycles. The first-order valence-corrected chi connectivity index (χ1v) is 5.02. The van der Waals surface area contributed by atoms with Gasteiger partial charge in [0.2, 0.25) is 0 Å². The summed E-state index contributed by atoms with van der Waals surface area (Å²) in [7, 11) is 0. The van der Waals surface area contributed by atoms with Gasteiger partial charge in [0.15, 0.2) is 5.78 Å². The molecule has 0 aliphatic heterocycles. The van der Waals surface area contributed by atoms with Crippen LogP contribution in [0.15, 0.2) is 24.3 Å². The first-order chi connectivity index (χ1) is 6.74. The van der Waals surface area contributed by atoms with Crippen molar-refractivity contribution >= 4 is 5.78 Å². The van der Waals surface area contributed by atoms with Crippen molar-refractivity contribution in [1.82, 2.24) is 0 Å². The topological polar surface area (TPSA) is 17.1 Å². The minimum atomic E-state index is -0.390. The SMILES string of the molecule is CC[C@@H]1C[C@H]1C(=O)c1ccccc1F. The second kappa shape index (κ2) is 3.52. The van der Waals surface area contributed by atoms with Crippen molar-refractivity contribution in [3.05, 3.63) is 35.6 Å². The second-order valence-electron chi connectivity index (χ2n) is 3.85. The van der Waals surface area contributed by atoms with Crippen LogP contribution in [0.1, 0.15) is 30.1 Å². The van der Waals surface area contributed by atoms with Crippen molar-refractivity contribution in [2.75, 3.05) is 0 Å².